The topological polar surface area (TPSA) is 17.8 Å². The Morgan fingerprint density at radius 3 is 1.44 bits per heavy atom. The van der Waals surface area contributed by atoms with E-state index in [0.29, 0.717) is 0 Å². The van der Waals surface area contributed by atoms with Gasteiger partial charge in [0.25, 0.3) is 0 Å². The second-order valence-electron chi connectivity index (χ2n) is 12.9. The monoisotopic (exact) mass is 565 g/mol. The smallest absolute Gasteiger partial charge is 0.108 e. The zero-order chi connectivity index (χ0) is 29.1. The van der Waals surface area contributed by atoms with Crippen molar-refractivity contribution in [3.8, 4) is 0 Å². The summed E-state index contributed by atoms with van der Waals surface area (Å²) in [6, 6.07) is 10.9. The second-order valence-corrected chi connectivity index (χ2v) is 12.9. The average molecular weight is 565 g/mol. The molecular formula is C39H68N2. The lowest BCUT2D eigenvalue weighted by Gasteiger charge is -2.08. The molecule has 0 unspecified atom stereocenters. The lowest BCUT2D eigenvalue weighted by molar-refractivity contribution is 0.521. The Labute approximate surface area is 256 Å². The summed E-state index contributed by atoms with van der Waals surface area (Å²) in [6.07, 6.45) is 39.5. The Hall–Kier alpha value is -1.57. The van der Waals surface area contributed by atoms with Crippen LogP contribution < -0.4 is 0 Å². The Morgan fingerprint density at radius 1 is 0.463 bits per heavy atom. The van der Waals surface area contributed by atoms with E-state index in [2.05, 4.69) is 54.9 Å². The highest BCUT2D eigenvalue weighted by Gasteiger charge is 2.08. The van der Waals surface area contributed by atoms with Crippen LogP contribution in [0.5, 0.6) is 0 Å². The van der Waals surface area contributed by atoms with Gasteiger partial charge in [0.2, 0.25) is 0 Å². The van der Waals surface area contributed by atoms with Crippen molar-refractivity contribution < 1.29 is 0 Å². The third-order valence-corrected chi connectivity index (χ3v) is 8.91. The van der Waals surface area contributed by atoms with Gasteiger partial charge in [-0.1, -0.05) is 179 Å². The van der Waals surface area contributed by atoms with Gasteiger partial charge in [0, 0.05) is 19.2 Å². The molecule has 0 fully saturated rings. The number of benzene rings is 1. The first-order chi connectivity index (χ1) is 20.3. The van der Waals surface area contributed by atoms with Crippen molar-refractivity contribution in [1.29, 1.82) is 0 Å². The van der Waals surface area contributed by atoms with Crippen LogP contribution in [0, 0.1) is 0 Å². The molecule has 0 saturated carbocycles. The fraction of sp³-hybridized carbons (Fsp3) is 0.769. The number of aryl methyl sites for hydroxylation is 4. The van der Waals surface area contributed by atoms with E-state index in [-0.39, 0.29) is 0 Å². The van der Waals surface area contributed by atoms with E-state index in [1.54, 1.807) is 0 Å². The van der Waals surface area contributed by atoms with E-state index in [9.17, 15) is 0 Å². The molecule has 0 saturated heterocycles. The predicted octanol–water partition coefficient (Wildman–Crippen LogP) is 12.6. The first kappa shape index (κ1) is 35.6. The molecule has 2 heteroatoms. The van der Waals surface area contributed by atoms with E-state index in [1.807, 2.05) is 0 Å². The molecule has 2 aromatic rings. The van der Waals surface area contributed by atoms with Gasteiger partial charge in [0.05, 0.1) is 5.69 Å². The van der Waals surface area contributed by atoms with E-state index in [1.165, 1.54) is 171 Å². The van der Waals surface area contributed by atoms with Gasteiger partial charge in [0.15, 0.2) is 0 Å². The van der Waals surface area contributed by atoms with Crippen molar-refractivity contribution in [1.82, 2.24) is 9.55 Å². The van der Waals surface area contributed by atoms with Gasteiger partial charge in [-0.05, 0) is 37.7 Å². The largest absolute Gasteiger partial charge is 0.335 e. The molecule has 2 nitrogen and oxygen atoms in total. The summed E-state index contributed by atoms with van der Waals surface area (Å²) < 4.78 is 2.52. The molecule has 0 aliphatic heterocycles. The molecule has 1 aromatic heterocycles. The zero-order valence-corrected chi connectivity index (χ0v) is 27.7. The first-order valence-corrected chi connectivity index (χ1v) is 18.4. The van der Waals surface area contributed by atoms with Crippen molar-refractivity contribution in [3.05, 3.63) is 53.6 Å². The van der Waals surface area contributed by atoms with Gasteiger partial charge in [-0.25, -0.2) is 4.98 Å². The Kier molecular flexibility index (Phi) is 22.7. The molecule has 2 rings (SSSR count). The van der Waals surface area contributed by atoms with Crippen molar-refractivity contribution in [3.63, 3.8) is 0 Å². The number of imidazole rings is 1. The maximum atomic E-state index is 5.14. The average Bonchev–Trinajstić information content (AvgIpc) is 3.38. The molecule has 0 aliphatic rings. The minimum Gasteiger partial charge on any atom is -0.335 e. The lowest BCUT2D eigenvalue weighted by Crippen LogP contribution is -2.03. The summed E-state index contributed by atoms with van der Waals surface area (Å²) in [6.45, 7) is 5.77. The molecule has 41 heavy (non-hydrogen) atoms. The maximum absolute atomic E-state index is 5.14. The minimum atomic E-state index is 1.10. The van der Waals surface area contributed by atoms with Crippen LogP contribution in [0.25, 0.3) is 0 Å². The molecule has 0 N–H and O–H groups in total. The van der Waals surface area contributed by atoms with Crippen molar-refractivity contribution >= 4 is 0 Å². The third kappa shape index (κ3) is 19.3. The molecule has 0 radical (unpaired) electrons. The van der Waals surface area contributed by atoms with E-state index in [0.717, 1.165) is 25.8 Å². The quantitative estimate of drug-likeness (QED) is 0.0898. The number of aromatic nitrogens is 2. The van der Waals surface area contributed by atoms with Crippen LogP contribution in [0.1, 0.15) is 185 Å². The molecule has 0 atom stereocenters. The number of rotatable bonds is 29. The number of hydrogen-bond donors (Lipinski definition) is 0. The van der Waals surface area contributed by atoms with Gasteiger partial charge in [-0.3, -0.25) is 0 Å². The van der Waals surface area contributed by atoms with E-state index >= 15 is 0 Å². The van der Waals surface area contributed by atoms with Crippen molar-refractivity contribution in [2.75, 3.05) is 0 Å². The molecule has 0 bridgehead atoms. The SMILES string of the molecule is CCCCCCCCCCCCCCCCCCCc1nc(CCCc2ccccc2)cn1CCCCCCCC. The molecule has 0 aliphatic carbocycles. The van der Waals surface area contributed by atoms with E-state index < -0.39 is 0 Å². The highest BCUT2D eigenvalue weighted by Crippen LogP contribution is 2.17. The van der Waals surface area contributed by atoms with Crippen LogP contribution in [-0.4, -0.2) is 9.55 Å². The van der Waals surface area contributed by atoms with Crippen LogP contribution in [0.15, 0.2) is 36.5 Å². The van der Waals surface area contributed by atoms with Crippen LogP contribution in [0.4, 0.5) is 0 Å². The predicted molar refractivity (Wildman–Crippen MR) is 182 cm³/mol. The second kappa shape index (κ2) is 26.1. The highest BCUT2D eigenvalue weighted by molar-refractivity contribution is 5.15. The summed E-state index contributed by atoms with van der Waals surface area (Å²) in [5.74, 6) is 1.36. The fourth-order valence-electron chi connectivity index (χ4n) is 6.22. The molecule has 234 valence electrons. The normalized spacial score (nSPS) is 11.5. The number of hydrogen-bond acceptors (Lipinski definition) is 1. The standard InChI is InChI=1S/C39H68N2/c1-3-5-7-9-11-12-13-14-15-16-17-18-19-20-21-22-27-34-39-40-38(33-29-32-37-30-25-24-26-31-37)36-41(39)35-28-23-10-8-6-4-2/h24-26,30-31,36H,3-23,27-29,32-35H2,1-2H3. The molecule has 1 aromatic carbocycles. The van der Waals surface area contributed by atoms with Crippen molar-refractivity contribution in [2.45, 2.75) is 194 Å². The van der Waals surface area contributed by atoms with Crippen LogP contribution in [-0.2, 0) is 25.8 Å². The third-order valence-electron chi connectivity index (χ3n) is 8.91. The summed E-state index contributed by atoms with van der Waals surface area (Å²) in [4.78, 5) is 5.14. The van der Waals surface area contributed by atoms with Gasteiger partial charge >= 0.3 is 0 Å². The molecular weight excluding hydrogens is 496 g/mol. The number of unbranched alkanes of at least 4 members (excludes halogenated alkanes) is 21. The summed E-state index contributed by atoms with van der Waals surface area (Å²) >= 11 is 0. The Bertz CT molecular complexity index is 808. The maximum Gasteiger partial charge on any atom is 0.108 e. The summed E-state index contributed by atoms with van der Waals surface area (Å²) in [7, 11) is 0. The van der Waals surface area contributed by atoms with Crippen LogP contribution in [0.3, 0.4) is 0 Å². The van der Waals surface area contributed by atoms with Gasteiger partial charge in [-0.15, -0.1) is 0 Å². The van der Waals surface area contributed by atoms with Gasteiger partial charge < -0.3 is 4.57 Å². The minimum absolute atomic E-state index is 1.10. The number of nitrogens with zero attached hydrogens (tertiary/aromatic N) is 2. The van der Waals surface area contributed by atoms with Gasteiger partial charge in [0.1, 0.15) is 5.82 Å². The molecule has 0 amide bonds. The fourth-order valence-corrected chi connectivity index (χ4v) is 6.22. The zero-order valence-electron chi connectivity index (χ0n) is 27.7. The molecule has 0 spiro atoms. The Morgan fingerprint density at radius 2 is 0.927 bits per heavy atom. The van der Waals surface area contributed by atoms with E-state index in [4.69, 9.17) is 4.98 Å². The van der Waals surface area contributed by atoms with Crippen molar-refractivity contribution in [2.24, 2.45) is 0 Å². The first-order valence-electron chi connectivity index (χ1n) is 18.4. The lowest BCUT2D eigenvalue weighted by atomic mass is 10.0. The van der Waals surface area contributed by atoms with Crippen LogP contribution in [0.2, 0.25) is 0 Å². The highest BCUT2D eigenvalue weighted by atomic mass is 15.1. The summed E-state index contributed by atoms with van der Waals surface area (Å²) in [5.41, 5.74) is 2.76. The Balaban J connectivity index is 1.55. The van der Waals surface area contributed by atoms with Gasteiger partial charge in [-0.2, -0.15) is 0 Å². The van der Waals surface area contributed by atoms with Crippen LogP contribution >= 0.6 is 0 Å². The summed E-state index contributed by atoms with van der Waals surface area (Å²) in [5, 5.41) is 0. The molecule has 1 heterocycles.